The number of carbonyl (C=O) groups is 2. The largest absolute Gasteiger partial charge is 0.461 e. The van der Waals surface area contributed by atoms with Gasteiger partial charge < -0.3 is 15.4 Å². The molecule has 0 aliphatic heterocycles. The third-order valence-corrected chi connectivity index (χ3v) is 5.98. The van der Waals surface area contributed by atoms with Crippen LogP contribution in [0.1, 0.15) is 59.3 Å². The summed E-state index contributed by atoms with van der Waals surface area (Å²) in [5, 5.41) is 9.21. The number of hydrogen-bond donors (Lipinski definition) is 3. The number of ether oxygens (including phenoxy) is 1. The van der Waals surface area contributed by atoms with Crippen molar-refractivity contribution in [1.82, 2.24) is 19.8 Å². The maximum atomic E-state index is 13.0. The van der Waals surface area contributed by atoms with Crippen LogP contribution in [0.4, 0.5) is 19.0 Å². The number of esters is 1. The summed E-state index contributed by atoms with van der Waals surface area (Å²) in [5.74, 6) is -0.297. The van der Waals surface area contributed by atoms with Crippen LogP contribution in [-0.4, -0.2) is 45.6 Å². The molecule has 1 fully saturated rings. The maximum Gasteiger partial charge on any atom is 0.434 e. The van der Waals surface area contributed by atoms with Gasteiger partial charge in [-0.3, -0.25) is 9.20 Å². The number of halogens is 3. The zero-order valence-corrected chi connectivity index (χ0v) is 18.8. The lowest BCUT2D eigenvalue weighted by molar-refractivity contribution is -0.749. The number of fused-ring (bicyclic) bond motifs is 1. The van der Waals surface area contributed by atoms with E-state index >= 15 is 0 Å². The molecule has 0 unspecified atom stereocenters. The number of anilines is 1. The Morgan fingerprint density at radius 2 is 1.94 bits per heavy atom. The first-order valence-corrected chi connectivity index (χ1v) is 11.0. The van der Waals surface area contributed by atoms with Crippen molar-refractivity contribution < 1.29 is 32.2 Å². The highest BCUT2D eigenvalue weighted by atomic mass is 19.4. The number of imidazole rings is 1. The Labute approximate surface area is 193 Å². The van der Waals surface area contributed by atoms with E-state index in [1.165, 1.54) is 23.6 Å². The number of pyridine rings is 1. The molecule has 1 amide bonds. The van der Waals surface area contributed by atoms with Crippen molar-refractivity contribution in [3.8, 4) is 0 Å². The van der Waals surface area contributed by atoms with Gasteiger partial charge in [0, 0.05) is 18.3 Å². The molecule has 0 radical (unpaired) electrons. The van der Waals surface area contributed by atoms with Crippen molar-refractivity contribution in [2.75, 3.05) is 12.4 Å². The Balaban J connectivity index is 1.36. The molecule has 0 atom stereocenters. The fraction of sp³-hybridized carbons (Fsp3) is 0.455. The summed E-state index contributed by atoms with van der Waals surface area (Å²) in [5.41, 5.74) is -0.169. The number of amides is 1. The second kappa shape index (κ2) is 9.35. The molecule has 4 rings (SSSR count). The van der Waals surface area contributed by atoms with Crippen molar-refractivity contribution in [3.63, 3.8) is 0 Å². The third-order valence-electron chi connectivity index (χ3n) is 5.98. The van der Waals surface area contributed by atoms with Gasteiger partial charge in [-0.25, -0.2) is 9.78 Å². The van der Waals surface area contributed by atoms with E-state index in [0.717, 1.165) is 19.0 Å². The molecule has 3 aromatic rings. The van der Waals surface area contributed by atoms with E-state index in [1.54, 1.807) is 16.8 Å². The topological polar surface area (TPSA) is 104 Å². The predicted molar refractivity (Wildman–Crippen MR) is 115 cm³/mol. The number of aromatic amines is 1. The van der Waals surface area contributed by atoms with E-state index in [9.17, 15) is 22.8 Å². The molecular weight excluding hydrogens is 453 g/mol. The summed E-state index contributed by atoms with van der Waals surface area (Å²) in [4.78, 5) is 28.2. The van der Waals surface area contributed by atoms with E-state index in [0.29, 0.717) is 25.2 Å². The fourth-order valence-corrected chi connectivity index (χ4v) is 4.21. The normalized spacial score (nSPS) is 18.6. The van der Waals surface area contributed by atoms with E-state index in [-0.39, 0.29) is 35.0 Å². The van der Waals surface area contributed by atoms with Crippen LogP contribution < -0.4 is 15.3 Å². The average Bonchev–Trinajstić information content (AvgIpc) is 3.45. The summed E-state index contributed by atoms with van der Waals surface area (Å²) >= 11 is 0. The number of nitrogens with zero attached hydrogens (tertiary/aromatic N) is 3. The number of alkyl halides is 3. The second-order valence-electron chi connectivity index (χ2n) is 8.22. The Bertz CT molecular complexity index is 1190. The number of aryl methyl sites for hydroxylation is 1. The van der Waals surface area contributed by atoms with Gasteiger partial charge in [-0.2, -0.15) is 18.3 Å². The minimum absolute atomic E-state index is 0.0497. The van der Waals surface area contributed by atoms with Crippen LogP contribution in [0, 0.1) is 0 Å². The summed E-state index contributed by atoms with van der Waals surface area (Å²) in [6.07, 6.45) is -0.646. The highest BCUT2D eigenvalue weighted by Crippen LogP contribution is 2.30. The smallest absolute Gasteiger partial charge is 0.434 e. The van der Waals surface area contributed by atoms with Crippen molar-refractivity contribution >= 4 is 23.3 Å². The predicted octanol–water partition coefficient (Wildman–Crippen LogP) is 2.93. The van der Waals surface area contributed by atoms with Gasteiger partial charge >= 0.3 is 17.8 Å². The SMILES string of the molecule is CC[n+]1[nH]c(C(=O)NC2CCC(Nc3cccc4nc(C(F)(F)F)cn34)CC2)cc1C(=O)OC. The summed E-state index contributed by atoms with van der Waals surface area (Å²) in [7, 11) is 1.28. The first kappa shape index (κ1) is 23.6. The fourth-order valence-electron chi connectivity index (χ4n) is 4.21. The van der Waals surface area contributed by atoms with E-state index in [2.05, 4.69) is 20.7 Å². The monoisotopic (exact) mass is 479 g/mol. The van der Waals surface area contributed by atoms with Gasteiger partial charge in [0.1, 0.15) is 11.5 Å². The van der Waals surface area contributed by atoms with Crippen molar-refractivity contribution in [2.45, 2.75) is 57.4 Å². The second-order valence-corrected chi connectivity index (χ2v) is 8.22. The van der Waals surface area contributed by atoms with Crippen LogP contribution in [-0.2, 0) is 17.5 Å². The Kier molecular flexibility index (Phi) is 6.49. The van der Waals surface area contributed by atoms with Crippen LogP contribution >= 0.6 is 0 Å². The van der Waals surface area contributed by atoms with Crippen LogP contribution in [0.2, 0.25) is 0 Å². The lowest BCUT2D eigenvalue weighted by atomic mass is 9.91. The summed E-state index contributed by atoms with van der Waals surface area (Å²) in [6, 6.07) is 6.38. The Hall–Kier alpha value is -3.57. The Morgan fingerprint density at radius 3 is 2.59 bits per heavy atom. The molecule has 182 valence electrons. The summed E-state index contributed by atoms with van der Waals surface area (Å²) in [6.45, 7) is 2.32. The molecule has 1 aliphatic rings. The molecule has 1 saturated carbocycles. The molecule has 3 aromatic heterocycles. The molecule has 3 N–H and O–H groups in total. The molecule has 0 saturated heterocycles. The molecule has 3 heterocycles. The van der Waals surface area contributed by atoms with Crippen molar-refractivity contribution in [1.29, 1.82) is 0 Å². The van der Waals surface area contributed by atoms with Gasteiger partial charge in [0.2, 0.25) is 0 Å². The lowest BCUT2D eigenvalue weighted by Crippen LogP contribution is -2.42. The molecule has 1 aliphatic carbocycles. The quantitative estimate of drug-likeness (QED) is 0.373. The van der Waals surface area contributed by atoms with Crippen LogP contribution in [0.5, 0.6) is 0 Å². The zero-order valence-electron chi connectivity index (χ0n) is 18.8. The number of nitrogens with one attached hydrogen (secondary N) is 3. The number of H-pyrrole nitrogens is 1. The van der Waals surface area contributed by atoms with E-state index in [4.69, 9.17) is 4.74 Å². The van der Waals surface area contributed by atoms with Crippen LogP contribution in [0.15, 0.2) is 30.5 Å². The van der Waals surface area contributed by atoms with Gasteiger partial charge in [0.25, 0.3) is 5.91 Å². The van der Waals surface area contributed by atoms with Crippen molar-refractivity contribution in [2.24, 2.45) is 0 Å². The maximum absolute atomic E-state index is 13.0. The zero-order chi connectivity index (χ0) is 24.5. The number of carbonyl (C=O) groups excluding carboxylic acids is 2. The average molecular weight is 479 g/mol. The highest BCUT2D eigenvalue weighted by Gasteiger charge is 2.34. The number of methoxy groups -OCH3 is 1. The van der Waals surface area contributed by atoms with Gasteiger partial charge in [0.15, 0.2) is 17.9 Å². The molecule has 0 bridgehead atoms. The van der Waals surface area contributed by atoms with E-state index in [1.807, 2.05) is 6.92 Å². The number of rotatable bonds is 6. The molecule has 34 heavy (non-hydrogen) atoms. The van der Waals surface area contributed by atoms with Crippen LogP contribution in [0.25, 0.3) is 5.65 Å². The minimum Gasteiger partial charge on any atom is -0.461 e. The molecule has 0 spiro atoms. The van der Waals surface area contributed by atoms with E-state index < -0.39 is 17.8 Å². The molecule has 12 heteroatoms. The molecule has 9 nitrogen and oxygen atoms in total. The van der Waals surface area contributed by atoms with Crippen LogP contribution in [0.3, 0.4) is 0 Å². The molecular formula is C22H26F3N6O3+. The number of hydrogen-bond acceptors (Lipinski definition) is 5. The minimum atomic E-state index is -4.51. The standard InChI is InChI=1S/C22H25F3N6O3/c1-3-31-16(21(33)34-2)11-15(29-31)20(32)27-14-9-7-13(8-10-14)26-18-5-4-6-19-28-17(12-30(18)19)22(23,24)25/h4-6,11-14H,3,7-10H2,1-2H3,(H2,26,27,28,32)/p+1. The van der Waals surface area contributed by atoms with Gasteiger partial charge in [-0.05, 0) is 44.7 Å². The highest BCUT2D eigenvalue weighted by molar-refractivity contribution is 5.95. The third kappa shape index (κ3) is 4.85. The van der Waals surface area contributed by atoms with Crippen molar-refractivity contribution in [3.05, 3.63) is 47.5 Å². The lowest BCUT2D eigenvalue weighted by Gasteiger charge is -2.30. The summed E-state index contributed by atoms with van der Waals surface area (Å²) < 4.78 is 46.8. The Morgan fingerprint density at radius 1 is 1.24 bits per heavy atom. The molecule has 0 aromatic carbocycles. The van der Waals surface area contributed by atoms with Gasteiger partial charge in [0.05, 0.1) is 13.2 Å². The van der Waals surface area contributed by atoms with Gasteiger partial charge in [-0.15, -0.1) is 4.68 Å². The first-order valence-electron chi connectivity index (χ1n) is 11.0. The first-order chi connectivity index (χ1) is 16.2. The van der Waals surface area contributed by atoms with Gasteiger partial charge in [-0.1, -0.05) is 6.07 Å². The number of aromatic nitrogens is 4.